The molecule has 2 aliphatic heterocycles. The Morgan fingerprint density at radius 2 is 1.87 bits per heavy atom. The molecule has 1 aromatic carbocycles. The predicted molar refractivity (Wildman–Crippen MR) is 85.1 cm³/mol. The Kier molecular flexibility index (Phi) is 4.66. The normalized spacial score (nSPS) is 27.3. The molecule has 3 rings (SSSR count). The van der Waals surface area contributed by atoms with Gasteiger partial charge >= 0.3 is 5.97 Å². The third kappa shape index (κ3) is 3.55. The highest BCUT2D eigenvalue weighted by Crippen LogP contribution is 2.27. The quantitative estimate of drug-likeness (QED) is 0.924. The summed E-state index contributed by atoms with van der Waals surface area (Å²) in [5.74, 6) is -1.01. The molecule has 1 amide bonds. The van der Waals surface area contributed by atoms with Gasteiger partial charge in [0, 0.05) is 12.6 Å². The first-order valence-corrected chi connectivity index (χ1v) is 8.29. The molecule has 0 aromatic heterocycles. The number of carboxylic acids is 1. The van der Waals surface area contributed by atoms with E-state index in [9.17, 15) is 9.59 Å². The lowest BCUT2D eigenvalue weighted by Gasteiger charge is -2.27. The van der Waals surface area contributed by atoms with E-state index in [4.69, 9.17) is 9.84 Å². The van der Waals surface area contributed by atoms with Crippen LogP contribution in [0.2, 0.25) is 0 Å². The largest absolute Gasteiger partial charge is 0.479 e. The minimum absolute atomic E-state index is 0.0386. The molecule has 0 spiro atoms. The number of rotatable bonds is 4. The van der Waals surface area contributed by atoms with Crippen molar-refractivity contribution in [1.82, 2.24) is 4.90 Å². The summed E-state index contributed by atoms with van der Waals surface area (Å²) in [6.07, 6.45) is 2.34. The number of likely N-dealkylation sites (tertiary alicyclic amines) is 1. The number of aliphatic carboxylic acids is 1. The second-order valence-corrected chi connectivity index (χ2v) is 6.55. The molecule has 0 bridgehead atoms. The molecule has 124 valence electrons. The van der Waals surface area contributed by atoms with Crippen molar-refractivity contribution in [2.24, 2.45) is 0 Å². The van der Waals surface area contributed by atoms with E-state index in [2.05, 4.69) is 31.2 Å². The molecule has 5 heteroatoms. The second kappa shape index (κ2) is 6.71. The van der Waals surface area contributed by atoms with Crippen LogP contribution < -0.4 is 0 Å². The van der Waals surface area contributed by atoms with Crippen LogP contribution in [0.5, 0.6) is 0 Å². The van der Waals surface area contributed by atoms with E-state index < -0.39 is 18.2 Å². The van der Waals surface area contributed by atoms with Gasteiger partial charge in [0.05, 0.1) is 0 Å². The van der Waals surface area contributed by atoms with E-state index in [0.717, 1.165) is 25.8 Å². The fraction of sp³-hybridized carbons (Fsp3) is 0.556. The molecule has 0 aliphatic carbocycles. The van der Waals surface area contributed by atoms with Crippen molar-refractivity contribution in [2.75, 3.05) is 6.54 Å². The van der Waals surface area contributed by atoms with Crippen molar-refractivity contribution in [1.29, 1.82) is 0 Å². The average molecular weight is 317 g/mol. The summed E-state index contributed by atoms with van der Waals surface area (Å²) in [4.78, 5) is 25.6. The lowest BCUT2D eigenvalue weighted by Crippen LogP contribution is -2.43. The number of carbonyl (C=O) groups is 2. The second-order valence-electron chi connectivity index (χ2n) is 6.55. The lowest BCUT2D eigenvalue weighted by molar-refractivity contribution is -0.155. The number of amides is 1. The molecular weight excluding hydrogens is 294 g/mol. The van der Waals surface area contributed by atoms with Gasteiger partial charge in [0.25, 0.3) is 5.91 Å². The van der Waals surface area contributed by atoms with Crippen LogP contribution in [0.4, 0.5) is 0 Å². The minimum atomic E-state index is -0.974. The number of carboxylic acid groups (broad SMARTS) is 1. The molecule has 1 N–H and O–H groups in total. The van der Waals surface area contributed by atoms with Gasteiger partial charge in [-0.25, -0.2) is 4.79 Å². The monoisotopic (exact) mass is 317 g/mol. The van der Waals surface area contributed by atoms with Crippen LogP contribution in [-0.2, 0) is 20.7 Å². The highest BCUT2D eigenvalue weighted by Gasteiger charge is 2.39. The molecule has 2 aliphatic rings. The zero-order chi connectivity index (χ0) is 16.4. The van der Waals surface area contributed by atoms with Gasteiger partial charge in [-0.2, -0.15) is 0 Å². The van der Waals surface area contributed by atoms with Crippen molar-refractivity contribution in [3.8, 4) is 0 Å². The zero-order valence-electron chi connectivity index (χ0n) is 13.4. The maximum atomic E-state index is 12.7. The molecule has 2 heterocycles. The SMILES string of the molecule is Cc1ccc(CC2CCCN2C(=O)[C@@H]2CC[C@H](C(=O)O)O2)cc1. The molecule has 5 nitrogen and oxygen atoms in total. The van der Waals surface area contributed by atoms with Crippen LogP contribution in [0.1, 0.15) is 36.8 Å². The Balaban J connectivity index is 1.63. The number of benzene rings is 1. The third-order valence-corrected chi connectivity index (χ3v) is 4.82. The van der Waals surface area contributed by atoms with E-state index in [1.165, 1.54) is 11.1 Å². The fourth-order valence-corrected chi connectivity index (χ4v) is 3.52. The molecule has 0 radical (unpaired) electrons. The van der Waals surface area contributed by atoms with Crippen molar-refractivity contribution in [2.45, 2.75) is 57.3 Å². The maximum absolute atomic E-state index is 12.7. The van der Waals surface area contributed by atoms with Gasteiger partial charge in [-0.15, -0.1) is 0 Å². The number of aryl methyl sites for hydroxylation is 1. The van der Waals surface area contributed by atoms with Crippen LogP contribution in [0.15, 0.2) is 24.3 Å². The number of hydrogen-bond donors (Lipinski definition) is 1. The highest BCUT2D eigenvalue weighted by molar-refractivity contribution is 5.83. The van der Waals surface area contributed by atoms with Gasteiger partial charge in [0.15, 0.2) is 6.10 Å². The Morgan fingerprint density at radius 1 is 1.17 bits per heavy atom. The first-order chi connectivity index (χ1) is 11.0. The topological polar surface area (TPSA) is 66.8 Å². The standard InChI is InChI=1S/C18H23NO4/c1-12-4-6-13(7-5-12)11-14-3-2-10-19(14)17(20)15-8-9-16(23-15)18(21)22/h4-7,14-16H,2-3,8-11H2,1H3,(H,21,22)/t14?,15-,16+/m0/s1. The zero-order valence-corrected chi connectivity index (χ0v) is 13.4. The van der Waals surface area contributed by atoms with Gasteiger partial charge in [0.2, 0.25) is 0 Å². The number of ether oxygens (including phenoxy) is 1. The molecule has 0 saturated carbocycles. The van der Waals surface area contributed by atoms with Crippen LogP contribution in [0, 0.1) is 6.92 Å². The Hall–Kier alpha value is -1.88. The van der Waals surface area contributed by atoms with Crippen LogP contribution in [0.25, 0.3) is 0 Å². The number of nitrogens with zero attached hydrogens (tertiary/aromatic N) is 1. The van der Waals surface area contributed by atoms with Crippen molar-refractivity contribution in [3.63, 3.8) is 0 Å². The summed E-state index contributed by atoms with van der Waals surface area (Å²) in [6, 6.07) is 8.60. The Bertz CT molecular complexity index is 583. The predicted octanol–water partition coefficient (Wildman–Crippen LogP) is 2.16. The maximum Gasteiger partial charge on any atom is 0.332 e. The molecule has 2 saturated heterocycles. The lowest BCUT2D eigenvalue weighted by atomic mass is 10.0. The average Bonchev–Trinajstić information content (AvgIpc) is 3.18. The summed E-state index contributed by atoms with van der Waals surface area (Å²) in [5.41, 5.74) is 2.46. The van der Waals surface area contributed by atoms with Gasteiger partial charge in [-0.3, -0.25) is 4.79 Å². The minimum Gasteiger partial charge on any atom is -0.479 e. The Morgan fingerprint density at radius 3 is 2.52 bits per heavy atom. The summed E-state index contributed by atoms with van der Waals surface area (Å²) in [6.45, 7) is 2.80. The van der Waals surface area contributed by atoms with E-state index in [-0.39, 0.29) is 11.9 Å². The van der Waals surface area contributed by atoms with Gasteiger partial charge in [-0.1, -0.05) is 29.8 Å². The van der Waals surface area contributed by atoms with E-state index in [1.807, 2.05) is 4.90 Å². The first-order valence-electron chi connectivity index (χ1n) is 8.29. The summed E-state index contributed by atoms with van der Waals surface area (Å²) in [5, 5.41) is 9.00. The summed E-state index contributed by atoms with van der Waals surface area (Å²) in [7, 11) is 0. The first kappa shape index (κ1) is 16.0. The van der Waals surface area contributed by atoms with Crippen molar-refractivity contribution >= 4 is 11.9 Å². The van der Waals surface area contributed by atoms with Crippen LogP contribution >= 0.6 is 0 Å². The van der Waals surface area contributed by atoms with Crippen molar-refractivity contribution in [3.05, 3.63) is 35.4 Å². The van der Waals surface area contributed by atoms with Crippen LogP contribution in [0.3, 0.4) is 0 Å². The molecule has 2 fully saturated rings. The molecule has 23 heavy (non-hydrogen) atoms. The van der Waals surface area contributed by atoms with E-state index in [1.54, 1.807) is 0 Å². The van der Waals surface area contributed by atoms with Gasteiger partial charge in [-0.05, 0) is 44.6 Å². The van der Waals surface area contributed by atoms with Gasteiger partial charge < -0.3 is 14.7 Å². The molecular formula is C18H23NO4. The summed E-state index contributed by atoms with van der Waals surface area (Å²) >= 11 is 0. The summed E-state index contributed by atoms with van der Waals surface area (Å²) < 4.78 is 5.42. The van der Waals surface area contributed by atoms with Crippen LogP contribution in [-0.4, -0.2) is 46.7 Å². The Labute approximate surface area is 136 Å². The fourth-order valence-electron chi connectivity index (χ4n) is 3.52. The number of hydrogen-bond acceptors (Lipinski definition) is 3. The van der Waals surface area contributed by atoms with Crippen molar-refractivity contribution < 1.29 is 19.4 Å². The molecule has 3 atom stereocenters. The number of carbonyl (C=O) groups excluding carboxylic acids is 1. The smallest absolute Gasteiger partial charge is 0.332 e. The van der Waals surface area contributed by atoms with E-state index >= 15 is 0 Å². The molecule has 1 unspecified atom stereocenters. The van der Waals surface area contributed by atoms with E-state index in [0.29, 0.717) is 12.8 Å². The molecule has 1 aromatic rings. The highest BCUT2D eigenvalue weighted by atomic mass is 16.5. The van der Waals surface area contributed by atoms with Gasteiger partial charge in [0.1, 0.15) is 6.10 Å². The third-order valence-electron chi connectivity index (χ3n) is 4.82.